The van der Waals surface area contributed by atoms with Crippen LogP contribution in [0.15, 0.2) is 24.5 Å². The molecule has 0 radical (unpaired) electrons. The van der Waals surface area contributed by atoms with Gasteiger partial charge in [0.15, 0.2) is 0 Å². The van der Waals surface area contributed by atoms with Gasteiger partial charge < -0.3 is 5.73 Å². The van der Waals surface area contributed by atoms with Crippen LogP contribution >= 0.6 is 0 Å². The van der Waals surface area contributed by atoms with Crippen molar-refractivity contribution in [3.05, 3.63) is 30.1 Å². The van der Waals surface area contributed by atoms with Crippen LogP contribution in [0.2, 0.25) is 0 Å². The van der Waals surface area contributed by atoms with Crippen LogP contribution in [0.25, 0.3) is 0 Å². The molecule has 18 heavy (non-hydrogen) atoms. The predicted octanol–water partition coefficient (Wildman–Crippen LogP) is 3.34. The van der Waals surface area contributed by atoms with Crippen LogP contribution in [0.3, 0.4) is 0 Å². The Bertz CT molecular complexity index is 371. The maximum Gasteiger partial charge on any atom is 0.248 e. The smallest absolute Gasteiger partial charge is 0.248 e. The van der Waals surface area contributed by atoms with Crippen molar-refractivity contribution >= 4 is 0 Å². The van der Waals surface area contributed by atoms with Gasteiger partial charge in [-0.25, -0.2) is 8.78 Å². The summed E-state index contributed by atoms with van der Waals surface area (Å²) >= 11 is 0. The molecule has 1 aromatic heterocycles. The molecule has 1 aromatic rings. The Morgan fingerprint density at radius 3 is 2.39 bits per heavy atom. The second-order valence-corrected chi connectivity index (χ2v) is 5.34. The molecule has 0 spiro atoms. The van der Waals surface area contributed by atoms with Crippen molar-refractivity contribution in [2.75, 3.05) is 0 Å². The van der Waals surface area contributed by atoms with Crippen molar-refractivity contribution in [2.24, 2.45) is 11.7 Å². The fraction of sp³-hybridized carbons (Fsp3) is 0.643. The van der Waals surface area contributed by atoms with Gasteiger partial charge in [0.05, 0.1) is 0 Å². The molecule has 1 aliphatic rings. The van der Waals surface area contributed by atoms with E-state index in [0.717, 1.165) is 5.56 Å². The fourth-order valence-corrected chi connectivity index (χ4v) is 2.74. The van der Waals surface area contributed by atoms with Gasteiger partial charge >= 0.3 is 0 Å². The molecule has 2 nitrogen and oxygen atoms in total. The van der Waals surface area contributed by atoms with Gasteiger partial charge in [0.2, 0.25) is 5.92 Å². The summed E-state index contributed by atoms with van der Waals surface area (Å²) in [5, 5.41) is 0. The van der Waals surface area contributed by atoms with E-state index in [1.54, 1.807) is 12.4 Å². The quantitative estimate of drug-likeness (QED) is 0.898. The molecule has 0 aromatic carbocycles. The molecule has 2 atom stereocenters. The molecule has 100 valence electrons. The van der Waals surface area contributed by atoms with E-state index in [9.17, 15) is 8.78 Å². The number of hydrogen-bond acceptors (Lipinski definition) is 2. The average Bonchev–Trinajstić information content (AvgIpc) is 2.38. The standard InChI is InChI=1S/C14H20F2N2/c1-10(11-4-8-18-9-5-11)13(17)12-2-6-14(15,16)7-3-12/h4-5,8-10,12-13H,2-3,6-7,17H2,1H3. The van der Waals surface area contributed by atoms with Crippen molar-refractivity contribution in [3.8, 4) is 0 Å². The van der Waals surface area contributed by atoms with Gasteiger partial charge in [0, 0.05) is 31.3 Å². The van der Waals surface area contributed by atoms with Crippen LogP contribution < -0.4 is 5.73 Å². The van der Waals surface area contributed by atoms with Gasteiger partial charge in [0.25, 0.3) is 0 Å². The average molecular weight is 254 g/mol. The molecule has 0 bridgehead atoms. The molecule has 4 heteroatoms. The molecule has 2 unspecified atom stereocenters. The highest BCUT2D eigenvalue weighted by Crippen LogP contribution is 2.39. The Balaban J connectivity index is 1.98. The maximum atomic E-state index is 13.1. The van der Waals surface area contributed by atoms with Gasteiger partial charge in [-0.1, -0.05) is 6.92 Å². The number of aromatic nitrogens is 1. The first-order valence-corrected chi connectivity index (χ1v) is 6.53. The van der Waals surface area contributed by atoms with E-state index in [4.69, 9.17) is 5.73 Å². The molecule has 0 aliphatic heterocycles. The van der Waals surface area contributed by atoms with Crippen LogP contribution in [0, 0.1) is 5.92 Å². The third kappa shape index (κ3) is 3.05. The number of alkyl halides is 2. The molecule has 1 saturated carbocycles. The monoisotopic (exact) mass is 254 g/mol. The van der Waals surface area contributed by atoms with Crippen LogP contribution in [-0.4, -0.2) is 16.9 Å². The van der Waals surface area contributed by atoms with Gasteiger partial charge in [0.1, 0.15) is 0 Å². The lowest BCUT2D eigenvalue weighted by Crippen LogP contribution is -2.39. The minimum absolute atomic E-state index is 0.0194. The zero-order chi connectivity index (χ0) is 13.2. The molecule has 0 amide bonds. The summed E-state index contributed by atoms with van der Waals surface area (Å²) in [6, 6.07) is 3.84. The summed E-state index contributed by atoms with van der Waals surface area (Å²) < 4.78 is 26.2. The number of nitrogens with two attached hydrogens (primary N) is 1. The molecular formula is C14H20F2N2. The Morgan fingerprint density at radius 2 is 1.83 bits per heavy atom. The largest absolute Gasteiger partial charge is 0.327 e. The van der Waals surface area contributed by atoms with E-state index < -0.39 is 5.92 Å². The van der Waals surface area contributed by atoms with E-state index >= 15 is 0 Å². The molecule has 2 N–H and O–H groups in total. The van der Waals surface area contributed by atoms with Crippen molar-refractivity contribution in [3.63, 3.8) is 0 Å². The van der Waals surface area contributed by atoms with Crippen molar-refractivity contribution in [1.82, 2.24) is 4.98 Å². The summed E-state index contributed by atoms with van der Waals surface area (Å²) in [5.41, 5.74) is 7.38. The summed E-state index contributed by atoms with van der Waals surface area (Å²) in [5.74, 6) is -2.09. The van der Waals surface area contributed by atoms with Crippen molar-refractivity contribution in [1.29, 1.82) is 0 Å². The fourth-order valence-electron chi connectivity index (χ4n) is 2.74. The summed E-state index contributed by atoms with van der Waals surface area (Å²) in [4.78, 5) is 3.98. The highest BCUT2D eigenvalue weighted by Gasteiger charge is 2.37. The van der Waals surface area contributed by atoms with Crippen LogP contribution in [0.4, 0.5) is 8.78 Å². The zero-order valence-electron chi connectivity index (χ0n) is 10.7. The van der Waals surface area contributed by atoms with E-state index in [1.165, 1.54) is 0 Å². The van der Waals surface area contributed by atoms with Crippen molar-refractivity contribution < 1.29 is 8.78 Å². The van der Waals surface area contributed by atoms with E-state index in [0.29, 0.717) is 12.8 Å². The third-order valence-electron chi connectivity index (χ3n) is 4.12. The Hall–Kier alpha value is -1.03. The Kier molecular flexibility index (Phi) is 3.95. The first kappa shape index (κ1) is 13.4. The Morgan fingerprint density at radius 1 is 1.28 bits per heavy atom. The first-order chi connectivity index (χ1) is 8.49. The van der Waals surface area contributed by atoms with Crippen molar-refractivity contribution in [2.45, 2.75) is 50.5 Å². The third-order valence-corrected chi connectivity index (χ3v) is 4.12. The minimum Gasteiger partial charge on any atom is -0.327 e. The normalized spacial score (nSPS) is 23.6. The highest BCUT2D eigenvalue weighted by molar-refractivity contribution is 5.17. The number of pyridine rings is 1. The summed E-state index contributed by atoms with van der Waals surface area (Å²) in [6.45, 7) is 2.06. The van der Waals surface area contributed by atoms with Crippen LogP contribution in [0.1, 0.15) is 44.1 Å². The zero-order valence-corrected chi connectivity index (χ0v) is 10.7. The molecule has 0 saturated heterocycles. The van der Waals surface area contributed by atoms with Gasteiger partial charge in [-0.15, -0.1) is 0 Å². The van der Waals surface area contributed by atoms with E-state index in [1.807, 2.05) is 12.1 Å². The van der Waals surface area contributed by atoms with Crippen LogP contribution in [-0.2, 0) is 0 Å². The molecule has 1 heterocycles. The molecule has 1 fully saturated rings. The predicted molar refractivity (Wildman–Crippen MR) is 67.5 cm³/mol. The van der Waals surface area contributed by atoms with E-state index in [-0.39, 0.29) is 30.7 Å². The Labute approximate surface area is 107 Å². The minimum atomic E-state index is -2.48. The second-order valence-electron chi connectivity index (χ2n) is 5.34. The number of hydrogen-bond donors (Lipinski definition) is 1. The van der Waals surface area contributed by atoms with Gasteiger partial charge in [-0.05, 0) is 42.4 Å². The SMILES string of the molecule is CC(c1ccncc1)C(N)C1CCC(F)(F)CC1. The second kappa shape index (κ2) is 5.31. The first-order valence-electron chi connectivity index (χ1n) is 6.53. The topological polar surface area (TPSA) is 38.9 Å². The molecule has 1 aliphatic carbocycles. The number of nitrogens with zero attached hydrogens (tertiary/aromatic N) is 1. The summed E-state index contributed by atoms with van der Waals surface area (Å²) in [7, 11) is 0. The maximum absolute atomic E-state index is 13.1. The number of rotatable bonds is 3. The van der Waals surface area contributed by atoms with Crippen LogP contribution in [0.5, 0.6) is 0 Å². The van der Waals surface area contributed by atoms with E-state index in [2.05, 4.69) is 11.9 Å². The molecular weight excluding hydrogens is 234 g/mol. The number of halogens is 2. The highest BCUT2D eigenvalue weighted by atomic mass is 19.3. The lowest BCUT2D eigenvalue weighted by Gasteiger charge is -2.34. The van der Waals surface area contributed by atoms with Gasteiger partial charge in [-0.2, -0.15) is 0 Å². The van der Waals surface area contributed by atoms with Gasteiger partial charge in [-0.3, -0.25) is 4.98 Å². The lowest BCUT2D eigenvalue weighted by atomic mass is 9.77. The lowest BCUT2D eigenvalue weighted by molar-refractivity contribution is -0.0489. The summed E-state index contributed by atoms with van der Waals surface area (Å²) in [6.07, 6.45) is 4.51. The molecule has 2 rings (SSSR count).